The average molecular weight is 236 g/mol. The molecule has 1 saturated heterocycles. The van der Waals surface area contributed by atoms with Crippen LogP contribution in [-0.4, -0.2) is 48.6 Å². The second-order valence-corrected chi connectivity index (χ2v) is 5.99. The number of rotatable bonds is 4. The van der Waals surface area contributed by atoms with E-state index in [1.54, 1.807) is 0 Å². The second-order valence-electron chi connectivity index (χ2n) is 5.99. The highest BCUT2D eigenvalue weighted by Gasteiger charge is 2.22. The molecule has 1 aliphatic carbocycles. The third kappa shape index (κ3) is 4.11. The normalized spacial score (nSPS) is 27.8. The average Bonchev–Trinajstić information content (AvgIpc) is 2.38. The van der Waals surface area contributed by atoms with Crippen molar-refractivity contribution in [1.82, 2.24) is 9.80 Å². The Balaban J connectivity index is 1.70. The molecule has 1 aliphatic heterocycles. The number of hydrogen-bond donors (Lipinski definition) is 0. The van der Waals surface area contributed by atoms with Crippen LogP contribution in [0.5, 0.6) is 0 Å². The lowest BCUT2D eigenvalue weighted by atomic mass is 10.0. The van der Waals surface area contributed by atoms with Crippen LogP contribution in [0.2, 0.25) is 0 Å². The van der Waals surface area contributed by atoms with Gasteiger partial charge in [-0.2, -0.15) is 0 Å². The third-order valence-corrected chi connectivity index (χ3v) is 4.13. The van der Waals surface area contributed by atoms with E-state index in [-0.39, 0.29) is 0 Å². The van der Waals surface area contributed by atoms with Crippen LogP contribution in [0.3, 0.4) is 0 Å². The Morgan fingerprint density at radius 2 is 1.94 bits per heavy atom. The molecular weight excluding hydrogens is 208 g/mol. The molecule has 1 atom stereocenters. The lowest BCUT2D eigenvalue weighted by Crippen LogP contribution is -2.50. The maximum absolute atomic E-state index is 2.68. The van der Waals surface area contributed by atoms with Gasteiger partial charge in [-0.05, 0) is 38.1 Å². The van der Waals surface area contributed by atoms with E-state index in [1.165, 1.54) is 58.4 Å². The van der Waals surface area contributed by atoms with Crippen molar-refractivity contribution in [2.45, 2.75) is 45.6 Å². The molecule has 0 spiro atoms. The molecule has 1 unspecified atom stereocenters. The molecule has 0 bridgehead atoms. The Bertz CT molecular complexity index is 239. The van der Waals surface area contributed by atoms with Gasteiger partial charge in [0.25, 0.3) is 0 Å². The summed E-state index contributed by atoms with van der Waals surface area (Å²) in [5.41, 5.74) is 0. The molecule has 17 heavy (non-hydrogen) atoms. The van der Waals surface area contributed by atoms with Gasteiger partial charge < -0.3 is 4.90 Å². The highest BCUT2D eigenvalue weighted by molar-refractivity contribution is 4.99. The Morgan fingerprint density at radius 3 is 2.53 bits per heavy atom. The summed E-state index contributed by atoms with van der Waals surface area (Å²) >= 11 is 0. The van der Waals surface area contributed by atoms with Crippen molar-refractivity contribution in [3.63, 3.8) is 0 Å². The van der Waals surface area contributed by atoms with Gasteiger partial charge >= 0.3 is 0 Å². The minimum absolute atomic E-state index is 0.746. The van der Waals surface area contributed by atoms with Crippen molar-refractivity contribution in [2.75, 3.05) is 32.7 Å². The first-order valence-corrected chi connectivity index (χ1v) is 7.39. The van der Waals surface area contributed by atoms with Gasteiger partial charge in [-0.25, -0.2) is 0 Å². The summed E-state index contributed by atoms with van der Waals surface area (Å²) in [7, 11) is 0. The fourth-order valence-electron chi connectivity index (χ4n) is 2.86. The fourth-order valence-corrected chi connectivity index (χ4v) is 2.86. The number of hydrogen-bond acceptors (Lipinski definition) is 2. The Hall–Kier alpha value is -0.340. The van der Waals surface area contributed by atoms with Crippen molar-refractivity contribution in [1.29, 1.82) is 0 Å². The summed E-state index contributed by atoms with van der Waals surface area (Å²) in [4.78, 5) is 5.32. The van der Waals surface area contributed by atoms with E-state index in [0.29, 0.717) is 0 Å². The van der Waals surface area contributed by atoms with Crippen molar-refractivity contribution in [2.24, 2.45) is 5.92 Å². The van der Waals surface area contributed by atoms with E-state index in [2.05, 4.69) is 35.8 Å². The topological polar surface area (TPSA) is 6.48 Å². The van der Waals surface area contributed by atoms with Crippen LogP contribution in [0, 0.1) is 5.92 Å². The summed E-state index contributed by atoms with van der Waals surface area (Å²) in [6.45, 7) is 11.0. The van der Waals surface area contributed by atoms with Crippen LogP contribution >= 0.6 is 0 Å². The minimum Gasteiger partial charge on any atom is -0.301 e. The van der Waals surface area contributed by atoms with E-state index < -0.39 is 0 Å². The molecule has 2 aliphatic rings. The summed E-state index contributed by atoms with van der Waals surface area (Å²) in [5.74, 6) is 0.842. The lowest BCUT2D eigenvalue weighted by molar-refractivity contribution is 0.103. The molecule has 2 heteroatoms. The molecule has 1 fully saturated rings. The maximum Gasteiger partial charge on any atom is 0.0279 e. The van der Waals surface area contributed by atoms with Gasteiger partial charge in [0.15, 0.2) is 0 Å². The van der Waals surface area contributed by atoms with Gasteiger partial charge in [-0.1, -0.05) is 26.0 Å². The van der Waals surface area contributed by atoms with Gasteiger partial charge in [-0.15, -0.1) is 0 Å². The molecule has 0 aromatic rings. The Kier molecular flexibility index (Phi) is 5.05. The van der Waals surface area contributed by atoms with Crippen LogP contribution in [-0.2, 0) is 0 Å². The van der Waals surface area contributed by atoms with E-state index in [9.17, 15) is 0 Å². The zero-order valence-corrected chi connectivity index (χ0v) is 11.6. The second kappa shape index (κ2) is 6.55. The van der Waals surface area contributed by atoms with Gasteiger partial charge in [-0.3, -0.25) is 4.90 Å². The number of nitrogens with zero attached hydrogens (tertiary/aromatic N) is 2. The van der Waals surface area contributed by atoms with Crippen LogP contribution < -0.4 is 0 Å². The van der Waals surface area contributed by atoms with Crippen LogP contribution in [0.1, 0.15) is 39.5 Å². The molecule has 1 heterocycles. The van der Waals surface area contributed by atoms with E-state index in [1.807, 2.05) is 0 Å². The summed E-state index contributed by atoms with van der Waals surface area (Å²) in [6, 6.07) is 0.746. The van der Waals surface area contributed by atoms with Gasteiger partial charge in [0, 0.05) is 32.2 Å². The third-order valence-electron chi connectivity index (χ3n) is 4.13. The molecule has 0 amide bonds. The van der Waals surface area contributed by atoms with Crippen molar-refractivity contribution in [3.05, 3.63) is 12.2 Å². The maximum atomic E-state index is 2.68. The zero-order valence-electron chi connectivity index (χ0n) is 11.6. The Morgan fingerprint density at radius 1 is 1.18 bits per heavy atom. The summed E-state index contributed by atoms with van der Waals surface area (Å²) < 4.78 is 0. The minimum atomic E-state index is 0.746. The summed E-state index contributed by atoms with van der Waals surface area (Å²) in [5, 5.41) is 0. The number of piperazine rings is 1. The van der Waals surface area contributed by atoms with Crippen molar-refractivity contribution in [3.8, 4) is 0 Å². The van der Waals surface area contributed by atoms with E-state index in [4.69, 9.17) is 0 Å². The standard InChI is InChI=1S/C15H28N2/c1-14(2)8-9-16-10-12-17(13-11-16)15-6-4-3-5-7-15/h4,6,14-15H,3,5,7-13H2,1-2H3. The highest BCUT2D eigenvalue weighted by Crippen LogP contribution is 2.18. The largest absolute Gasteiger partial charge is 0.301 e. The first kappa shape index (κ1) is 13.1. The molecule has 2 rings (SSSR count). The molecule has 0 radical (unpaired) electrons. The van der Waals surface area contributed by atoms with Gasteiger partial charge in [0.05, 0.1) is 0 Å². The van der Waals surface area contributed by atoms with Crippen LogP contribution in [0.4, 0.5) is 0 Å². The van der Waals surface area contributed by atoms with Crippen molar-refractivity contribution < 1.29 is 0 Å². The predicted octanol–water partition coefficient (Wildman–Crippen LogP) is 2.76. The first-order valence-electron chi connectivity index (χ1n) is 7.39. The smallest absolute Gasteiger partial charge is 0.0279 e. The summed E-state index contributed by atoms with van der Waals surface area (Å²) in [6.07, 6.45) is 10.2. The van der Waals surface area contributed by atoms with E-state index >= 15 is 0 Å². The molecule has 98 valence electrons. The molecule has 0 aromatic carbocycles. The fraction of sp³-hybridized carbons (Fsp3) is 0.867. The molecule has 2 nitrogen and oxygen atoms in total. The Labute approximate surface area is 107 Å². The van der Waals surface area contributed by atoms with Crippen molar-refractivity contribution >= 4 is 0 Å². The molecule has 0 saturated carbocycles. The molecule has 0 N–H and O–H groups in total. The predicted molar refractivity (Wildman–Crippen MR) is 74.2 cm³/mol. The number of allylic oxidation sites excluding steroid dienone is 1. The molecular formula is C15H28N2. The van der Waals surface area contributed by atoms with Gasteiger partial charge in [0.2, 0.25) is 0 Å². The monoisotopic (exact) mass is 236 g/mol. The molecule has 0 aromatic heterocycles. The first-order chi connectivity index (χ1) is 8.25. The SMILES string of the molecule is CC(C)CCN1CCN(C2C=CCCC2)CC1. The van der Waals surface area contributed by atoms with Crippen LogP contribution in [0.25, 0.3) is 0 Å². The van der Waals surface area contributed by atoms with Gasteiger partial charge in [0.1, 0.15) is 0 Å². The quantitative estimate of drug-likeness (QED) is 0.693. The zero-order chi connectivity index (χ0) is 12.1. The lowest BCUT2D eigenvalue weighted by Gasteiger charge is -2.39. The van der Waals surface area contributed by atoms with Crippen LogP contribution in [0.15, 0.2) is 12.2 Å². The highest BCUT2D eigenvalue weighted by atomic mass is 15.3. The van der Waals surface area contributed by atoms with E-state index in [0.717, 1.165) is 12.0 Å².